The lowest BCUT2D eigenvalue weighted by molar-refractivity contribution is -0.144. The Bertz CT molecular complexity index is 2480. The van der Waals surface area contributed by atoms with Crippen molar-refractivity contribution in [2.24, 2.45) is 11.8 Å². The van der Waals surface area contributed by atoms with E-state index in [0.717, 1.165) is 46.0 Å². The average Bonchev–Trinajstić information content (AvgIpc) is 3.94. The number of aromatic amines is 1. The van der Waals surface area contributed by atoms with Crippen molar-refractivity contribution in [1.29, 1.82) is 0 Å². The topological polar surface area (TPSA) is 256 Å². The Labute approximate surface area is 395 Å². The second-order valence-electron chi connectivity index (χ2n) is 18.1. The lowest BCUT2D eigenvalue weighted by Gasteiger charge is -2.34. The summed E-state index contributed by atoms with van der Waals surface area (Å²) in [5, 5.41) is 34.3. The lowest BCUT2D eigenvalue weighted by atomic mass is 9.81. The standard InChI is InChI=1S/C51H63N7O10/c1-6-28(3)43(48(64)55-39(51(67)68)25-33-27-52-37-20-13-12-17-34(33)37)57-49(65)44(29(4)7-2)56-46(62)38(26-41(60)61)54-47(63)40-21-14-24-58(40)50(66)45(53-30(5)59)42-35-18-10-8-15-31(35)22-23-32-16-9-11-19-36(32)42/h8-13,15-20,27-29,38-40,42-45,52H,6-7,14,21-26H2,1-5H3,(H,53,59)(H,54,63)(H,55,64)(H,56,62)(H,57,65)(H,60,61)(H,67,68)/t28-,29-,38-,39-,40-,43-,44-,45+/m0/s1. The van der Waals surface area contributed by atoms with Gasteiger partial charge in [-0.2, -0.15) is 0 Å². The van der Waals surface area contributed by atoms with E-state index in [1.54, 1.807) is 33.9 Å². The molecular weight excluding hydrogens is 871 g/mol. The number of nitrogens with zero attached hydrogens (tertiary/aromatic N) is 1. The van der Waals surface area contributed by atoms with Gasteiger partial charge in [0.25, 0.3) is 0 Å². The fraction of sp³-hybridized carbons (Fsp3) is 0.451. The average molecular weight is 934 g/mol. The zero-order valence-corrected chi connectivity index (χ0v) is 39.2. The molecule has 0 unspecified atom stereocenters. The molecular formula is C51H63N7O10. The Morgan fingerprint density at radius 1 is 0.706 bits per heavy atom. The molecule has 6 amide bonds. The molecule has 2 heterocycles. The van der Waals surface area contributed by atoms with Crippen LogP contribution in [-0.2, 0) is 57.6 Å². The van der Waals surface area contributed by atoms with Crippen LogP contribution in [0.2, 0.25) is 0 Å². The van der Waals surface area contributed by atoms with Crippen LogP contribution in [0.5, 0.6) is 0 Å². The van der Waals surface area contributed by atoms with Crippen LogP contribution in [0.25, 0.3) is 10.9 Å². The zero-order valence-electron chi connectivity index (χ0n) is 39.2. The number of carboxylic acid groups (broad SMARTS) is 2. The summed E-state index contributed by atoms with van der Waals surface area (Å²) < 4.78 is 0. The first-order valence-electron chi connectivity index (χ1n) is 23.5. The first-order chi connectivity index (χ1) is 32.5. The van der Waals surface area contributed by atoms with Gasteiger partial charge in [0.05, 0.1) is 6.42 Å². The second-order valence-corrected chi connectivity index (χ2v) is 18.1. The van der Waals surface area contributed by atoms with Gasteiger partial charge in [0.2, 0.25) is 35.4 Å². The number of H-pyrrole nitrogens is 1. The minimum atomic E-state index is -1.68. The molecule has 8 atom stereocenters. The molecule has 2 aliphatic rings. The summed E-state index contributed by atoms with van der Waals surface area (Å²) in [6, 6.07) is 15.1. The van der Waals surface area contributed by atoms with E-state index in [9.17, 15) is 48.6 Å². The van der Waals surface area contributed by atoms with Crippen molar-refractivity contribution in [3.8, 4) is 0 Å². The van der Waals surface area contributed by atoms with Crippen molar-refractivity contribution in [3.05, 3.63) is 107 Å². The number of likely N-dealkylation sites (tertiary alicyclic amines) is 1. The second kappa shape index (κ2) is 22.6. The zero-order chi connectivity index (χ0) is 49.2. The molecule has 1 fully saturated rings. The SMILES string of the molecule is CC[C@H](C)[C@H](NC(=O)[C@H](CC(=O)O)NC(=O)[C@@H]1CCCN1C(=O)[C@H](NC(C)=O)C1c2ccccc2CCc2ccccc21)C(=O)N[C@H](C(=O)N[C@@H](Cc1c[nH]c2ccccc12)C(=O)O)[C@@H](C)CC. The number of fused-ring (bicyclic) bond motifs is 3. The van der Waals surface area contributed by atoms with E-state index < -0.39 is 108 Å². The number of aliphatic carboxylic acids is 2. The maximum Gasteiger partial charge on any atom is 0.326 e. The minimum Gasteiger partial charge on any atom is -0.481 e. The smallest absolute Gasteiger partial charge is 0.326 e. The first-order valence-corrected chi connectivity index (χ1v) is 23.5. The highest BCUT2D eigenvalue weighted by molar-refractivity contribution is 5.98. The summed E-state index contributed by atoms with van der Waals surface area (Å²) in [7, 11) is 0. The number of aromatic nitrogens is 1. The molecule has 8 N–H and O–H groups in total. The van der Waals surface area contributed by atoms with E-state index in [2.05, 4.69) is 31.6 Å². The van der Waals surface area contributed by atoms with Gasteiger partial charge in [-0.25, -0.2) is 4.79 Å². The number of hydrogen-bond donors (Lipinski definition) is 8. The van der Waals surface area contributed by atoms with Crippen molar-refractivity contribution in [2.75, 3.05) is 6.54 Å². The maximum atomic E-state index is 14.8. The molecule has 1 aromatic heterocycles. The fourth-order valence-electron chi connectivity index (χ4n) is 9.45. The molecule has 1 aliphatic heterocycles. The summed E-state index contributed by atoms with van der Waals surface area (Å²) >= 11 is 0. The van der Waals surface area contributed by atoms with Crippen LogP contribution in [0.15, 0.2) is 79.0 Å². The predicted molar refractivity (Wildman–Crippen MR) is 253 cm³/mol. The van der Waals surface area contributed by atoms with Gasteiger partial charge in [-0.15, -0.1) is 0 Å². The molecule has 0 saturated carbocycles. The van der Waals surface area contributed by atoms with E-state index in [1.807, 2.05) is 72.8 Å². The van der Waals surface area contributed by atoms with Gasteiger partial charge < -0.3 is 46.7 Å². The first kappa shape index (κ1) is 50.4. The summed E-state index contributed by atoms with van der Waals surface area (Å²) in [6.45, 7) is 8.48. The van der Waals surface area contributed by atoms with Crippen LogP contribution in [0.4, 0.5) is 0 Å². The highest BCUT2D eigenvalue weighted by atomic mass is 16.4. The highest BCUT2D eigenvalue weighted by Gasteiger charge is 2.44. The number of hydrogen-bond acceptors (Lipinski definition) is 8. The van der Waals surface area contributed by atoms with Crippen LogP contribution >= 0.6 is 0 Å². The number of carbonyl (C=O) groups is 8. The number of rotatable bonds is 20. The fourth-order valence-corrected chi connectivity index (χ4v) is 9.45. The number of benzene rings is 3. The molecule has 6 rings (SSSR count). The summed E-state index contributed by atoms with van der Waals surface area (Å²) in [4.78, 5) is 113. The molecule has 362 valence electrons. The third-order valence-corrected chi connectivity index (χ3v) is 13.6. The summed E-state index contributed by atoms with van der Waals surface area (Å²) in [5.74, 6) is -8.53. The van der Waals surface area contributed by atoms with Crippen LogP contribution in [-0.4, -0.2) is 110 Å². The van der Waals surface area contributed by atoms with Gasteiger partial charge >= 0.3 is 11.9 Å². The normalized spacial score (nSPS) is 17.7. The Balaban J connectivity index is 1.19. The number of carbonyl (C=O) groups excluding carboxylic acids is 6. The van der Waals surface area contributed by atoms with Gasteiger partial charge in [-0.05, 0) is 71.4 Å². The molecule has 0 bridgehead atoms. The van der Waals surface area contributed by atoms with Crippen molar-refractivity contribution >= 4 is 58.3 Å². The molecule has 17 nitrogen and oxygen atoms in total. The van der Waals surface area contributed by atoms with Gasteiger partial charge in [0, 0.05) is 42.9 Å². The predicted octanol–water partition coefficient (Wildman–Crippen LogP) is 3.73. The summed E-state index contributed by atoms with van der Waals surface area (Å²) in [6.07, 6.45) is 3.63. The van der Waals surface area contributed by atoms with Crippen molar-refractivity contribution in [2.45, 2.75) is 128 Å². The van der Waals surface area contributed by atoms with E-state index in [0.29, 0.717) is 24.8 Å². The third kappa shape index (κ3) is 11.7. The number of nitrogens with one attached hydrogen (secondary N) is 6. The highest BCUT2D eigenvalue weighted by Crippen LogP contribution is 2.38. The molecule has 1 aliphatic carbocycles. The largest absolute Gasteiger partial charge is 0.481 e. The number of amides is 6. The van der Waals surface area contributed by atoms with Crippen LogP contribution in [0.1, 0.15) is 100 Å². The lowest BCUT2D eigenvalue weighted by Crippen LogP contribution is -2.61. The maximum absolute atomic E-state index is 14.8. The van der Waals surface area contributed by atoms with E-state index in [1.165, 1.54) is 11.8 Å². The monoisotopic (exact) mass is 933 g/mol. The molecule has 0 radical (unpaired) electrons. The molecule has 3 aromatic carbocycles. The Hall–Kier alpha value is -7.04. The Kier molecular flexibility index (Phi) is 16.8. The Morgan fingerprint density at radius 2 is 1.26 bits per heavy atom. The number of carboxylic acids is 2. The summed E-state index contributed by atoms with van der Waals surface area (Å²) in [5.41, 5.74) is 5.30. The van der Waals surface area contributed by atoms with Gasteiger partial charge in [-0.3, -0.25) is 33.6 Å². The van der Waals surface area contributed by atoms with Crippen molar-refractivity contribution < 1.29 is 48.6 Å². The molecule has 1 saturated heterocycles. The van der Waals surface area contributed by atoms with Gasteiger partial charge in [0.15, 0.2) is 0 Å². The van der Waals surface area contributed by atoms with E-state index >= 15 is 0 Å². The minimum absolute atomic E-state index is 0.0409. The van der Waals surface area contributed by atoms with Crippen molar-refractivity contribution in [3.63, 3.8) is 0 Å². The van der Waals surface area contributed by atoms with Crippen LogP contribution < -0.4 is 26.6 Å². The number of para-hydroxylation sites is 1. The Morgan fingerprint density at radius 3 is 1.84 bits per heavy atom. The third-order valence-electron chi connectivity index (χ3n) is 13.6. The van der Waals surface area contributed by atoms with Crippen LogP contribution in [0.3, 0.4) is 0 Å². The number of aryl methyl sites for hydroxylation is 2. The molecule has 68 heavy (non-hydrogen) atoms. The van der Waals surface area contributed by atoms with Crippen LogP contribution in [0, 0.1) is 11.8 Å². The molecule has 17 heteroatoms. The molecule has 4 aromatic rings. The van der Waals surface area contributed by atoms with E-state index in [4.69, 9.17) is 0 Å². The van der Waals surface area contributed by atoms with Gasteiger partial charge in [-0.1, -0.05) is 107 Å². The quantitative estimate of drug-likeness (QED) is 0.0638. The molecule has 0 spiro atoms. The van der Waals surface area contributed by atoms with E-state index in [-0.39, 0.29) is 19.4 Å². The van der Waals surface area contributed by atoms with Gasteiger partial charge in [0.1, 0.15) is 36.3 Å². The van der Waals surface area contributed by atoms with Crippen molar-refractivity contribution in [1.82, 2.24) is 36.5 Å².